The number of benzene rings is 1. The number of carbonyl (C=O) groups is 1. The Hall–Kier alpha value is -2.97. The summed E-state index contributed by atoms with van der Waals surface area (Å²) >= 11 is 7.50. The molecule has 31 heavy (non-hydrogen) atoms. The molecule has 0 radical (unpaired) electrons. The van der Waals surface area contributed by atoms with Crippen LogP contribution in [0.5, 0.6) is 5.75 Å². The normalized spacial score (nSPS) is 11.1. The summed E-state index contributed by atoms with van der Waals surface area (Å²) in [5, 5.41) is 5.02. The molecular weight excluding hydrogens is 436 g/mol. The van der Waals surface area contributed by atoms with E-state index in [-0.39, 0.29) is 11.7 Å². The second kappa shape index (κ2) is 9.03. The van der Waals surface area contributed by atoms with E-state index in [9.17, 15) is 4.79 Å². The topological polar surface area (TPSA) is 82.2 Å². The van der Waals surface area contributed by atoms with Crippen LogP contribution in [0.2, 0.25) is 5.02 Å². The van der Waals surface area contributed by atoms with Gasteiger partial charge in [-0.1, -0.05) is 23.4 Å². The van der Waals surface area contributed by atoms with Crippen molar-refractivity contribution in [3.8, 4) is 5.75 Å². The molecule has 0 atom stereocenters. The number of carbonyl (C=O) groups excluding carboxylic acids is 1. The lowest BCUT2D eigenvalue weighted by Gasteiger charge is -2.08. The van der Waals surface area contributed by atoms with Crippen molar-refractivity contribution < 1.29 is 13.9 Å². The van der Waals surface area contributed by atoms with E-state index in [1.807, 2.05) is 19.1 Å². The SMILES string of the molecule is COc1ccc(NC(=O)CSc2ncnc3c2c(C)c(C)n3Cc2ccco2)cc1Cl. The number of furan rings is 1. The van der Waals surface area contributed by atoms with Gasteiger partial charge in [0.05, 0.1) is 36.1 Å². The molecule has 0 bridgehead atoms. The van der Waals surface area contributed by atoms with Gasteiger partial charge < -0.3 is 19.0 Å². The van der Waals surface area contributed by atoms with Gasteiger partial charge in [0.1, 0.15) is 28.5 Å². The Morgan fingerprint density at radius 2 is 2.13 bits per heavy atom. The van der Waals surface area contributed by atoms with E-state index in [1.165, 1.54) is 18.1 Å². The van der Waals surface area contributed by atoms with Gasteiger partial charge in [-0.25, -0.2) is 9.97 Å². The Balaban J connectivity index is 1.52. The van der Waals surface area contributed by atoms with E-state index in [0.717, 1.165) is 33.1 Å². The largest absolute Gasteiger partial charge is 0.495 e. The number of aromatic nitrogens is 3. The third kappa shape index (κ3) is 4.40. The van der Waals surface area contributed by atoms with E-state index in [1.54, 1.807) is 31.6 Å². The molecule has 3 aromatic heterocycles. The van der Waals surface area contributed by atoms with Crippen LogP contribution < -0.4 is 10.1 Å². The molecule has 4 rings (SSSR count). The Bertz CT molecular complexity index is 1240. The maximum atomic E-state index is 12.5. The Morgan fingerprint density at radius 3 is 2.84 bits per heavy atom. The number of anilines is 1. The van der Waals surface area contributed by atoms with Crippen molar-refractivity contribution in [3.05, 3.63) is 65.0 Å². The fourth-order valence-electron chi connectivity index (χ4n) is 3.37. The van der Waals surface area contributed by atoms with Crippen molar-refractivity contribution in [2.75, 3.05) is 18.2 Å². The van der Waals surface area contributed by atoms with Crippen LogP contribution in [0, 0.1) is 13.8 Å². The summed E-state index contributed by atoms with van der Waals surface area (Å²) < 4.78 is 12.7. The number of halogens is 1. The van der Waals surface area contributed by atoms with Gasteiger partial charge >= 0.3 is 0 Å². The van der Waals surface area contributed by atoms with Crippen LogP contribution >= 0.6 is 23.4 Å². The van der Waals surface area contributed by atoms with Crippen molar-refractivity contribution in [2.45, 2.75) is 25.4 Å². The maximum Gasteiger partial charge on any atom is 0.234 e. The highest BCUT2D eigenvalue weighted by Gasteiger charge is 2.18. The van der Waals surface area contributed by atoms with E-state index in [2.05, 4.69) is 26.8 Å². The van der Waals surface area contributed by atoms with Gasteiger partial charge in [-0.05, 0) is 49.7 Å². The zero-order chi connectivity index (χ0) is 22.0. The van der Waals surface area contributed by atoms with Crippen LogP contribution in [-0.2, 0) is 11.3 Å². The number of rotatable bonds is 7. The molecule has 1 N–H and O–H groups in total. The quantitative estimate of drug-likeness (QED) is 0.308. The van der Waals surface area contributed by atoms with Crippen LogP contribution in [0.25, 0.3) is 11.0 Å². The number of nitrogens with zero attached hydrogens (tertiary/aromatic N) is 3. The summed E-state index contributed by atoms with van der Waals surface area (Å²) in [4.78, 5) is 21.4. The molecule has 1 aromatic carbocycles. The summed E-state index contributed by atoms with van der Waals surface area (Å²) in [6.45, 7) is 4.68. The number of hydrogen-bond donors (Lipinski definition) is 1. The maximum absolute atomic E-state index is 12.5. The first-order chi connectivity index (χ1) is 15.0. The summed E-state index contributed by atoms with van der Waals surface area (Å²) in [5.74, 6) is 1.47. The lowest BCUT2D eigenvalue weighted by Crippen LogP contribution is -2.14. The number of fused-ring (bicyclic) bond motifs is 1. The Kier molecular flexibility index (Phi) is 6.20. The molecule has 9 heteroatoms. The lowest BCUT2D eigenvalue weighted by atomic mass is 10.2. The van der Waals surface area contributed by atoms with Gasteiger partial charge in [0.2, 0.25) is 5.91 Å². The molecular formula is C22H21ClN4O3S. The van der Waals surface area contributed by atoms with Gasteiger partial charge in [-0.3, -0.25) is 4.79 Å². The summed E-state index contributed by atoms with van der Waals surface area (Å²) in [6.07, 6.45) is 3.19. The summed E-state index contributed by atoms with van der Waals surface area (Å²) in [6, 6.07) is 8.93. The second-order valence-electron chi connectivity index (χ2n) is 6.94. The van der Waals surface area contributed by atoms with E-state index >= 15 is 0 Å². The Labute approximate surface area is 188 Å². The number of nitrogens with one attached hydrogen (secondary N) is 1. The highest BCUT2D eigenvalue weighted by molar-refractivity contribution is 8.00. The van der Waals surface area contributed by atoms with E-state index < -0.39 is 0 Å². The number of hydrogen-bond acceptors (Lipinski definition) is 6. The number of aryl methyl sites for hydroxylation is 1. The van der Waals surface area contributed by atoms with Crippen LogP contribution in [-0.4, -0.2) is 33.3 Å². The second-order valence-corrected chi connectivity index (χ2v) is 8.31. The molecule has 0 spiro atoms. The van der Waals surface area contributed by atoms with Gasteiger partial charge in [-0.15, -0.1) is 0 Å². The van der Waals surface area contributed by atoms with Crippen molar-refractivity contribution in [1.82, 2.24) is 14.5 Å². The standard InChI is InChI=1S/C22H21ClN4O3S/c1-13-14(2)27(10-16-5-4-8-30-16)21-20(13)22(25-12-24-21)31-11-19(28)26-15-6-7-18(29-3)17(23)9-15/h4-9,12H,10-11H2,1-3H3,(H,26,28). The fraction of sp³-hybridized carbons (Fsp3) is 0.227. The molecule has 0 unspecified atom stereocenters. The molecule has 0 saturated heterocycles. The van der Waals surface area contributed by atoms with E-state index in [0.29, 0.717) is 23.0 Å². The lowest BCUT2D eigenvalue weighted by molar-refractivity contribution is -0.113. The molecule has 1 amide bonds. The average molecular weight is 457 g/mol. The first-order valence-electron chi connectivity index (χ1n) is 9.57. The smallest absolute Gasteiger partial charge is 0.234 e. The van der Waals surface area contributed by atoms with Crippen LogP contribution in [0.3, 0.4) is 0 Å². The predicted molar refractivity (Wildman–Crippen MR) is 122 cm³/mol. The first kappa shape index (κ1) is 21.3. The molecule has 0 fully saturated rings. The number of thioether (sulfide) groups is 1. The van der Waals surface area contributed by atoms with Crippen molar-refractivity contribution in [3.63, 3.8) is 0 Å². The zero-order valence-electron chi connectivity index (χ0n) is 17.3. The minimum atomic E-state index is -0.151. The third-order valence-electron chi connectivity index (χ3n) is 5.04. The first-order valence-corrected chi connectivity index (χ1v) is 10.9. The molecule has 0 aliphatic rings. The van der Waals surface area contributed by atoms with Gasteiger partial charge in [-0.2, -0.15) is 0 Å². The molecule has 0 aliphatic heterocycles. The summed E-state index contributed by atoms with van der Waals surface area (Å²) in [5.41, 5.74) is 3.62. The van der Waals surface area contributed by atoms with Crippen molar-refractivity contribution in [1.29, 1.82) is 0 Å². The third-order valence-corrected chi connectivity index (χ3v) is 6.33. The number of methoxy groups -OCH3 is 1. The van der Waals surface area contributed by atoms with Crippen molar-refractivity contribution in [2.24, 2.45) is 0 Å². The van der Waals surface area contributed by atoms with Crippen molar-refractivity contribution >= 4 is 46.0 Å². The van der Waals surface area contributed by atoms with E-state index in [4.69, 9.17) is 20.8 Å². The molecule has 3 heterocycles. The number of amides is 1. The molecule has 4 aromatic rings. The van der Waals surface area contributed by atoms with Crippen LogP contribution in [0.4, 0.5) is 5.69 Å². The van der Waals surface area contributed by atoms with Gasteiger partial charge in [0.15, 0.2) is 0 Å². The van der Waals surface area contributed by atoms with Crippen LogP contribution in [0.15, 0.2) is 52.4 Å². The average Bonchev–Trinajstić information content (AvgIpc) is 3.36. The zero-order valence-corrected chi connectivity index (χ0v) is 18.9. The summed E-state index contributed by atoms with van der Waals surface area (Å²) in [7, 11) is 1.55. The molecule has 160 valence electrons. The number of ether oxygens (including phenoxy) is 1. The highest BCUT2D eigenvalue weighted by atomic mass is 35.5. The molecule has 0 saturated carbocycles. The van der Waals surface area contributed by atoms with Gasteiger partial charge in [0, 0.05) is 11.4 Å². The predicted octanol–water partition coefficient (Wildman–Crippen LogP) is 5.08. The Morgan fingerprint density at radius 1 is 1.29 bits per heavy atom. The fourth-order valence-corrected chi connectivity index (χ4v) is 4.48. The van der Waals surface area contributed by atoms with Gasteiger partial charge in [0.25, 0.3) is 0 Å². The minimum Gasteiger partial charge on any atom is -0.495 e. The van der Waals surface area contributed by atoms with Crippen LogP contribution in [0.1, 0.15) is 17.0 Å². The highest BCUT2D eigenvalue weighted by Crippen LogP contribution is 2.32. The molecule has 7 nitrogen and oxygen atoms in total. The minimum absolute atomic E-state index is 0.151. The monoisotopic (exact) mass is 456 g/mol. The molecule has 0 aliphatic carbocycles.